The number of carbonyl (C=O) groups is 3. The number of thiophene rings is 1. The van der Waals surface area contributed by atoms with Gasteiger partial charge in [-0.15, -0.1) is 11.3 Å². The summed E-state index contributed by atoms with van der Waals surface area (Å²) in [5.74, 6) is -1.23. The van der Waals surface area contributed by atoms with Gasteiger partial charge in [0.05, 0.1) is 11.3 Å². The van der Waals surface area contributed by atoms with Gasteiger partial charge in [-0.05, 0) is 48.9 Å². The average molecular weight is 358 g/mol. The van der Waals surface area contributed by atoms with E-state index in [4.69, 9.17) is 4.74 Å². The predicted molar refractivity (Wildman–Crippen MR) is 94.9 cm³/mol. The minimum absolute atomic E-state index is 0.218. The van der Waals surface area contributed by atoms with Gasteiger partial charge in [0.15, 0.2) is 6.61 Å². The van der Waals surface area contributed by atoms with Crippen molar-refractivity contribution in [2.75, 3.05) is 11.9 Å². The summed E-state index contributed by atoms with van der Waals surface area (Å²) in [6, 6.07) is 8.79. The third kappa shape index (κ3) is 4.45. The van der Waals surface area contributed by atoms with Gasteiger partial charge in [-0.1, -0.05) is 12.1 Å². The third-order valence-corrected chi connectivity index (χ3v) is 4.74. The van der Waals surface area contributed by atoms with Gasteiger partial charge in [0, 0.05) is 6.04 Å². The molecular formula is C18H18N2O4S. The van der Waals surface area contributed by atoms with Crippen LogP contribution in [0, 0.1) is 6.92 Å². The molecule has 0 unspecified atom stereocenters. The molecule has 2 N–H and O–H groups in total. The molecule has 0 aliphatic heterocycles. The monoisotopic (exact) mass is 358 g/mol. The molecule has 0 atom stereocenters. The van der Waals surface area contributed by atoms with E-state index < -0.39 is 18.5 Å². The van der Waals surface area contributed by atoms with Crippen LogP contribution in [-0.4, -0.2) is 30.4 Å². The van der Waals surface area contributed by atoms with E-state index in [1.165, 1.54) is 11.3 Å². The van der Waals surface area contributed by atoms with Crippen molar-refractivity contribution in [3.05, 3.63) is 51.7 Å². The number of anilines is 1. The summed E-state index contributed by atoms with van der Waals surface area (Å²) in [5, 5.41) is 7.30. The average Bonchev–Trinajstić information content (AvgIpc) is 3.30. The number of hydrogen-bond donors (Lipinski definition) is 2. The van der Waals surface area contributed by atoms with Crippen LogP contribution in [0.2, 0.25) is 0 Å². The summed E-state index contributed by atoms with van der Waals surface area (Å²) >= 11 is 1.27. The summed E-state index contributed by atoms with van der Waals surface area (Å²) in [5.41, 5.74) is 1.61. The lowest BCUT2D eigenvalue weighted by Gasteiger charge is -2.11. The first-order chi connectivity index (χ1) is 12.0. The standard InChI is InChI=1S/C18H18N2O4S/c1-11-8-9-25-16(11)18(23)24-10-15(21)20-14-5-3-2-4-13(14)17(22)19-12-6-7-12/h2-5,8-9,12H,6-7,10H2,1H3,(H,19,22)(H,20,21). The Morgan fingerprint density at radius 1 is 1.20 bits per heavy atom. The molecule has 25 heavy (non-hydrogen) atoms. The van der Waals surface area contributed by atoms with Crippen LogP contribution in [0.4, 0.5) is 5.69 Å². The van der Waals surface area contributed by atoms with E-state index in [1.54, 1.807) is 29.6 Å². The SMILES string of the molecule is Cc1ccsc1C(=O)OCC(=O)Nc1ccccc1C(=O)NC1CC1. The summed E-state index contributed by atoms with van der Waals surface area (Å²) in [4.78, 5) is 36.7. The Balaban J connectivity index is 1.58. The van der Waals surface area contributed by atoms with Crippen molar-refractivity contribution in [1.29, 1.82) is 0 Å². The maximum atomic E-state index is 12.2. The van der Waals surface area contributed by atoms with Crippen molar-refractivity contribution in [3.8, 4) is 0 Å². The van der Waals surface area contributed by atoms with Gasteiger partial charge < -0.3 is 15.4 Å². The molecule has 1 saturated carbocycles. The number of aryl methyl sites for hydroxylation is 1. The fourth-order valence-electron chi connectivity index (χ4n) is 2.25. The van der Waals surface area contributed by atoms with Crippen LogP contribution < -0.4 is 10.6 Å². The number of rotatable bonds is 6. The molecule has 0 bridgehead atoms. The van der Waals surface area contributed by atoms with Gasteiger partial charge in [0.1, 0.15) is 4.88 Å². The van der Waals surface area contributed by atoms with Gasteiger partial charge in [0.25, 0.3) is 11.8 Å². The van der Waals surface area contributed by atoms with Crippen LogP contribution in [-0.2, 0) is 9.53 Å². The lowest BCUT2D eigenvalue weighted by atomic mass is 10.1. The van der Waals surface area contributed by atoms with Gasteiger partial charge in [-0.2, -0.15) is 0 Å². The zero-order valence-electron chi connectivity index (χ0n) is 13.7. The highest BCUT2D eigenvalue weighted by atomic mass is 32.1. The summed E-state index contributed by atoms with van der Waals surface area (Å²) in [6.45, 7) is 1.40. The van der Waals surface area contributed by atoms with Crippen molar-refractivity contribution in [1.82, 2.24) is 5.32 Å². The molecule has 2 aromatic rings. The first-order valence-electron chi connectivity index (χ1n) is 7.95. The molecular weight excluding hydrogens is 340 g/mol. The Labute approximate surface area is 149 Å². The molecule has 1 fully saturated rings. The van der Waals surface area contributed by atoms with E-state index in [9.17, 15) is 14.4 Å². The highest BCUT2D eigenvalue weighted by Crippen LogP contribution is 2.21. The van der Waals surface area contributed by atoms with Crippen LogP contribution in [0.1, 0.15) is 38.4 Å². The van der Waals surface area contributed by atoms with Crippen LogP contribution in [0.25, 0.3) is 0 Å². The van der Waals surface area contributed by atoms with E-state index >= 15 is 0 Å². The smallest absolute Gasteiger partial charge is 0.349 e. The van der Waals surface area contributed by atoms with Crippen molar-refractivity contribution < 1.29 is 19.1 Å². The van der Waals surface area contributed by atoms with Crippen LogP contribution >= 0.6 is 11.3 Å². The lowest BCUT2D eigenvalue weighted by molar-refractivity contribution is -0.119. The lowest BCUT2D eigenvalue weighted by Crippen LogP contribution is -2.28. The number of benzene rings is 1. The van der Waals surface area contributed by atoms with Crippen molar-refractivity contribution in [3.63, 3.8) is 0 Å². The number of ether oxygens (including phenoxy) is 1. The van der Waals surface area contributed by atoms with Crippen LogP contribution in [0.3, 0.4) is 0 Å². The van der Waals surface area contributed by atoms with Crippen molar-refractivity contribution in [2.45, 2.75) is 25.8 Å². The largest absolute Gasteiger partial charge is 0.451 e. The van der Waals surface area contributed by atoms with Gasteiger partial charge in [-0.25, -0.2) is 4.79 Å². The maximum Gasteiger partial charge on any atom is 0.349 e. The Bertz CT molecular complexity index is 811. The van der Waals surface area contributed by atoms with Crippen molar-refractivity contribution in [2.24, 2.45) is 0 Å². The molecule has 0 saturated heterocycles. The summed E-state index contributed by atoms with van der Waals surface area (Å²) < 4.78 is 5.04. The Morgan fingerprint density at radius 3 is 2.64 bits per heavy atom. The molecule has 130 valence electrons. The molecule has 7 heteroatoms. The molecule has 1 aliphatic carbocycles. The Morgan fingerprint density at radius 2 is 1.96 bits per heavy atom. The van der Waals surface area contributed by atoms with E-state index in [2.05, 4.69) is 10.6 Å². The number of amides is 2. The molecule has 3 rings (SSSR count). The quantitative estimate of drug-likeness (QED) is 0.778. The number of nitrogens with one attached hydrogen (secondary N) is 2. The molecule has 6 nitrogen and oxygen atoms in total. The first-order valence-corrected chi connectivity index (χ1v) is 8.83. The second-order valence-corrected chi connectivity index (χ2v) is 6.77. The molecule has 2 amide bonds. The highest BCUT2D eigenvalue weighted by molar-refractivity contribution is 7.12. The second kappa shape index (κ2) is 7.48. The zero-order valence-corrected chi connectivity index (χ0v) is 14.5. The fourth-order valence-corrected chi connectivity index (χ4v) is 3.06. The van der Waals surface area contributed by atoms with E-state index in [-0.39, 0.29) is 11.9 Å². The first kappa shape index (κ1) is 17.2. The van der Waals surface area contributed by atoms with Crippen LogP contribution in [0.15, 0.2) is 35.7 Å². The Hall–Kier alpha value is -2.67. The number of carbonyl (C=O) groups excluding carboxylic acids is 3. The third-order valence-electron chi connectivity index (χ3n) is 3.74. The molecule has 1 aromatic carbocycles. The fraction of sp³-hybridized carbons (Fsp3) is 0.278. The van der Waals surface area contributed by atoms with Crippen molar-refractivity contribution >= 4 is 34.8 Å². The summed E-state index contributed by atoms with van der Waals surface area (Å²) in [6.07, 6.45) is 1.97. The topological polar surface area (TPSA) is 84.5 Å². The molecule has 1 aromatic heterocycles. The van der Waals surface area contributed by atoms with E-state index in [0.717, 1.165) is 18.4 Å². The molecule has 0 radical (unpaired) electrons. The van der Waals surface area contributed by atoms with E-state index in [1.807, 2.05) is 13.0 Å². The number of para-hydroxylation sites is 1. The molecule has 0 spiro atoms. The predicted octanol–water partition coefficient (Wildman–Crippen LogP) is 2.74. The minimum atomic E-state index is -0.526. The van der Waals surface area contributed by atoms with Gasteiger partial charge in [-0.3, -0.25) is 9.59 Å². The number of esters is 1. The summed E-state index contributed by atoms with van der Waals surface area (Å²) in [7, 11) is 0. The Kier molecular flexibility index (Phi) is 5.14. The highest BCUT2D eigenvalue weighted by Gasteiger charge is 2.25. The second-order valence-electron chi connectivity index (χ2n) is 5.85. The van der Waals surface area contributed by atoms with Gasteiger partial charge >= 0.3 is 5.97 Å². The number of hydrogen-bond acceptors (Lipinski definition) is 5. The van der Waals surface area contributed by atoms with Gasteiger partial charge in [0.2, 0.25) is 0 Å². The van der Waals surface area contributed by atoms with Crippen LogP contribution in [0.5, 0.6) is 0 Å². The zero-order chi connectivity index (χ0) is 17.8. The normalized spacial score (nSPS) is 13.2. The maximum absolute atomic E-state index is 12.2. The molecule has 1 heterocycles. The molecule has 1 aliphatic rings. The van der Waals surface area contributed by atoms with E-state index in [0.29, 0.717) is 16.1 Å². The minimum Gasteiger partial charge on any atom is -0.451 e.